The molecule has 1 aromatic heterocycles. The summed E-state index contributed by atoms with van der Waals surface area (Å²) in [6, 6.07) is 11.5. The average molecular weight is 357 g/mol. The third kappa shape index (κ3) is 3.27. The summed E-state index contributed by atoms with van der Waals surface area (Å²) >= 11 is 0. The van der Waals surface area contributed by atoms with Gasteiger partial charge < -0.3 is 15.7 Å². The zero-order chi connectivity index (χ0) is 18.2. The quantitative estimate of drug-likeness (QED) is 0.697. The second-order valence-electron chi connectivity index (χ2n) is 6.08. The highest BCUT2D eigenvalue weighted by Gasteiger charge is 2.66. The van der Waals surface area contributed by atoms with Gasteiger partial charge in [0.1, 0.15) is 5.82 Å². The lowest BCUT2D eigenvalue weighted by Crippen LogP contribution is -2.22. The average Bonchev–Trinajstić information content (AvgIpc) is 3.15. The van der Waals surface area contributed by atoms with E-state index in [1.54, 1.807) is 36.4 Å². The van der Waals surface area contributed by atoms with Crippen molar-refractivity contribution in [1.82, 2.24) is 4.98 Å². The van der Waals surface area contributed by atoms with Gasteiger partial charge in [0, 0.05) is 6.20 Å². The SMILES string of the molecule is N#Cc1ccc(C2C(C(Cc3ccc(N)nc3)C(=O)O)P2(=O)O)cc1. The zero-order valence-electron chi connectivity index (χ0n) is 13.1. The van der Waals surface area contributed by atoms with Gasteiger partial charge in [0.2, 0.25) is 7.37 Å². The largest absolute Gasteiger partial charge is 0.481 e. The highest BCUT2D eigenvalue weighted by molar-refractivity contribution is 7.67. The molecule has 0 saturated carbocycles. The van der Waals surface area contributed by atoms with Crippen LogP contribution in [-0.4, -0.2) is 26.6 Å². The van der Waals surface area contributed by atoms with E-state index in [9.17, 15) is 19.4 Å². The number of pyridine rings is 1. The third-order valence-corrected chi connectivity index (χ3v) is 7.06. The molecule has 0 amide bonds. The Hall–Kier alpha value is -2.68. The molecule has 1 aliphatic heterocycles. The van der Waals surface area contributed by atoms with Crippen LogP contribution in [0.4, 0.5) is 5.82 Å². The first-order valence-corrected chi connectivity index (χ1v) is 9.40. The normalized spacial score (nSPS) is 25.8. The van der Waals surface area contributed by atoms with Crippen molar-refractivity contribution in [1.29, 1.82) is 5.26 Å². The smallest absolute Gasteiger partial charge is 0.307 e. The van der Waals surface area contributed by atoms with Crippen molar-refractivity contribution in [3.8, 4) is 6.07 Å². The van der Waals surface area contributed by atoms with Crippen LogP contribution >= 0.6 is 7.37 Å². The van der Waals surface area contributed by atoms with Crippen LogP contribution in [0.1, 0.15) is 22.3 Å². The number of nitrogen functional groups attached to an aromatic ring is 1. The molecule has 0 bridgehead atoms. The molecule has 2 aromatic rings. The molecule has 3 rings (SSSR count). The van der Waals surface area contributed by atoms with Crippen LogP contribution in [0.2, 0.25) is 0 Å². The van der Waals surface area contributed by atoms with Gasteiger partial charge in [-0.15, -0.1) is 0 Å². The number of carboxylic acids is 1. The van der Waals surface area contributed by atoms with Crippen molar-refractivity contribution in [2.45, 2.75) is 17.7 Å². The van der Waals surface area contributed by atoms with E-state index >= 15 is 0 Å². The van der Waals surface area contributed by atoms with Crippen molar-refractivity contribution >= 4 is 19.2 Å². The van der Waals surface area contributed by atoms with E-state index in [1.807, 2.05) is 6.07 Å². The second-order valence-corrected chi connectivity index (χ2v) is 8.58. The maximum atomic E-state index is 12.5. The van der Waals surface area contributed by atoms with Crippen LogP contribution in [0.3, 0.4) is 0 Å². The second kappa shape index (κ2) is 6.32. The Kier molecular flexibility index (Phi) is 4.34. The summed E-state index contributed by atoms with van der Waals surface area (Å²) in [6.45, 7) is 0. The molecule has 7 nitrogen and oxygen atoms in total. The number of nitrogens with zero attached hydrogens (tertiary/aromatic N) is 2. The van der Waals surface area contributed by atoms with Crippen molar-refractivity contribution in [2.24, 2.45) is 5.92 Å². The monoisotopic (exact) mass is 357 g/mol. The maximum Gasteiger partial charge on any atom is 0.307 e. The fourth-order valence-corrected chi connectivity index (χ4v) is 5.87. The summed E-state index contributed by atoms with van der Waals surface area (Å²) in [6.07, 6.45) is 1.58. The van der Waals surface area contributed by atoms with Gasteiger partial charge in [0.15, 0.2) is 0 Å². The van der Waals surface area contributed by atoms with Crippen LogP contribution in [0, 0.1) is 17.2 Å². The van der Waals surface area contributed by atoms with E-state index in [2.05, 4.69) is 4.98 Å². The number of hydrogen-bond acceptors (Lipinski definition) is 5. The van der Waals surface area contributed by atoms with E-state index in [0.29, 0.717) is 22.5 Å². The van der Waals surface area contributed by atoms with Gasteiger partial charge in [0.05, 0.1) is 28.9 Å². The van der Waals surface area contributed by atoms with Crippen LogP contribution in [0.25, 0.3) is 0 Å². The van der Waals surface area contributed by atoms with Gasteiger partial charge in [-0.1, -0.05) is 18.2 Å². The molecule has 128 valence electrons. The van der Waals surface area contributed by atoms with Gasteiger partial charge in [-0.25, -0.2) is 4.98 Å². The Balaban J connectivity index is 1.86. The molecular formula is C17H16N3O4P. The first kappa shape index (κ1) is 17.2. The first-order chi connectivity index (χ1) is 11.8. The molecule has 1 aromatic carbocycles. The van der Waals surface area contributed by atoms with Crippen LogP contribution in [0.15, 0.2) is 42.6 Å². The Morgan fingerprint density at radius 3 is 2.52 bits per heavy atom. The molecule has 2 heterocycles. The van der Waals surface area contributed by atoms with Crippen LogP contribution < -0.4 is 5.73 Å². The number of benzene rings is 1. The third-order valence-electron chi connectivity index (χ3n) is 4.47. The zero-order valence-corrected chi connectivity index (χ0v) is 14.0. The van der Waals surface area contributed by atoms with E-state index < -0.39 is 30.6 Å². The van der Waals surface area contributed by atoms with Crippen LogP contribution in [0.5, 0.6) is 0 Å². The summed E-state index contributed by atoms with van der Waals surface area (Å²) in [5.74, 6) is -1.79. The number of anilines is 1. The fourth-order valence-electron chi connectivity index (χ4n) is 3.14. The molecule has 0 spiro atoms. The van der Waals surface area contributed by atoms with Crippen molar-refractivity contribution in [2.75, 3.05) is 5.73 Å². The summed E-state index contributed by atoms with van der Waals surface area (Å²) in [5, 5.41) is 18.4. The lowest BCUT2D eigenvalue weighted by Gasteiger charge is -2.11. The standard InChI is InChI=1S/C17H16N3O4P/c18-8-10-1-4-12(5-2-10)15-16(25(15,23)24)13(17(21)22)7-11-3-6-14(19)20-9-11/h1-6,9,13,15-16H,7H2,(H2,19,20)(H,21,22)(H,23,24). The Morgan fingerprint density at radius 2 is 2.00 bits per heavy atom. The molecule has 1 aliphatic rings. The predicted molar refractivity (Wildman–Crippen MR) is 91.0 cm³/mol. The molecule has 4 N–H and O–H groups in total. The number of carbonyl (C=O) groups is 1. The molecule has 1 fully saturated rings. The summed E-state index contributed by atoms with van der Waals surface area (Å²) in [7, 11) is -3.62. The number of nitrogens with two attached hydrogens (primary N) is 1. The lowest BCUT2D eigenvalue weighted by atomic mass is 9.93. The fraction of sp³-hybridized carbons (Fsp3) is 0.235. The van der Waals surface area contributed by atoms with Gasteiger partial charge in [-0.3, -0.25) is 9.36 Å². The highest BCUT2D eigenvalue weighted by atomic mass is 31.2. The van der Waals surface area contributed by atoms with Gasteiger partial charge in [-0.05, 0) is 35.7 Å². The minimum atomic E-state index is -3.62. The number of nitriles is 1. The number of rotatable bonds is 5. The van der Waals surface area contributed by atoms with E-state index in [1.165, 1.54) is 6.20 Å². The van der Waals surface area contributed by atoms with E-state index in [4.69, 9.17) is 11.0 Å². The van der Waals surface area contributed by atoms with Crippen molar-refractivity contribution in [3.05, 3.63) is 59.3 Å². The Morgan fingerprint density at radius 1 is 1.32 bits per heavy atom. The van der Waals surface area contributed by atoms with E-state index in [-0.39, 0.29) is 6.42 Å². The molecule has 8 heteroatoms. The first-order valence-electron chi connectivity index (χ1n) is 7.60. The molecule has 4 atom stereocenters. The maximum absolute atomic E-state index is 12.5. The summed E-state index contributed by atoms with van der Waals surface area (Å²) in [4.78, 5) is 25.9. The molecule has 0 aliphatic carbocycles. The lowest BCUT2D eigenvalue weighted by molar-refractivity contribution is -0.141. The molecule has 4 unspecified atom stereocenters. The summed E-state index contributed by atoms with van der Waals surface area (Å²) < 4.78 is 12.5. The minimum absolute atomic E-state index is 0.102. The summed E-state index contributed by atoms with van der Waals surface area (Å²) in [5.41, 5.74) is 5.62. The van der Waals surface area contributed by atoms with Crippen LogP contribution in [-0.2, 0) is 15.8 Å². The highest BCUT2D eigenvalue weighted by Crippen LogP contribution is 2.82. The number of carboxylic acid groups (broad SMARTS) is 1. The number of aliphatic carboxylic acids is 1. The molecular weight excluding hydrogens is 341 g/mol. The van der Waals surface area contributed by atoms with Crippen molar-refractivity contribution < 1.29 is 19.4 Å². The van der Waals surface area contributed by atoms with E-state index in [0.717, 1.165) is 0 Å². The minimum Gasteiger partial charge on any atom is -0.481 e. The number of aromatic nitrogens is 1. The molecule has 0 radical (unpaired) electrons. The van der Waals surface area contributed by atoms with Crippen molar-refractivity contribution in [3.63, 3.8) is 0 Å². The van der Waals surface area contributed by atoms with Gasteiger partial charge in [-0.2, -0.15) is 5.26 Å². The van der Waals surface area contributed by atoms with Gasteiger partial charge >= 0.3 is 5.97 Å². The number of hydrogen-bond donors (Lipinski definition) is 3. The van der Waals surface area contributed by atoms with Gasteiger partial charge in [0.25, 0.3) is 0 Å². The molecule has 1 saturated heterocycles. The Bertz CT molecular complexity index is 890. The molecule has 25 heavy (non-hydrogen) atoms. The Labute approximate surface area is 144 Å². The topological polar surface area (TPSA) is 137 Å². The predicted octanol–water partition coefficient (Wildman–Crippen LogP) is 2.17.